The van der Waals surface area contributed by atoms with Crippen LogP contribution in [-0.4, -0.2) is 10.9 Å². The van der Waals surface area contributed by atoms with E-state index in [0.717, 1.165) is 11.3 Å². The average molecular weight is 437 g/mol. The van der Waals surface area contributed by atoms with Crippen molar-refractivity contribution in [3.05, 3.63) is 104 Å². The molecule has 0 unspecified atom stereocenters. The Morgan fingerprint density at radius 3 is 2.43 bits per heavy atom. The van der Waals surface area contributed by atoms with Crippen molar-refractivity contribution in [2.24, 2.45) is 0 Å². The summed E-state index contributed by atoms with van der Waals surface area (Å²) in [5.74, 6) is 0.0305. The van der Waals surface area contributed by atoms with E-state index in [1.54, 1.807) is 48.5 Å². The van der Waals surface area contributed by atoms with Crippen molar-refractivity contribution in [1.29, 1.82) is 0 Å². The molecule has 2 aromatic carbocycles. The number of hydrogen-bond acceptors (Lipinski definition) is 4. The topological polar surface area (TPSA) is 63.4 Å². The van der Waals surface area contributed by atoms with Crippen molar-refractivity contribution in [2.45, 2.75) is 13.0 Å². The molecule has 0 saturated carbocycles. The number of anilines is 1. The fourth-order valence-electron chi connectivity index (χ4n) is 3.80. The third kappa shape index (κ3) is 2.90. The Kier molecular flexibility index (Phi) is 4.38. The van der Waals surface area contributed by atoms with Crippen LogP contribution in [-0.2, 0) is 0 Å². The number of aromatic nitrogens is 1. The number of fused-ring (bicyclic) bond motifs is 2. The standard InChI is InChI=1S/C23H14Cl2N2O3/c1-12-3-2-4-18(26-12)27-20(13-5-7-14(24)8-6-13)19-21(28)16-11-15(25)9-10-17(16)30-22(19)23(27)29/h2-11,20H,1H3/t20-/m1/s1. The maximum atomic E-state index is 13.5. The van der Waals surface area contributed by atoms with Crippen molar-refractivity contribution >= 4 is 45.9 Å². The molecule has 30 heavy (non-hydrogen) atoms. The highest BCUT2D eigenvalue weighted by Gasteiger charge is 2.44. The van der Waals surface area contributed by atoms with Crippen LogP contribution in [0.4, 0.5) is 5.82 Å². The van der Waals surface area contributed by atoms with Gasteiger partial charge >= 0.3 is 0 Å². The molecule has 1 aliphatic heterocycles. The lowest BCUT2D eigenvalue weighted by atomic mass is 9.98. The van der Waals surface area contributed by atoms with Gasteiger partial charge in [0.15, 0.2) is 5.43 Å². The fourth-order valence-corrected chi connectivity index (χ4v) is 4.10. The quantitative estimate of drug-likeness (QED) is 0.412. The zero-order valence-corrected chi connectivity index (χ0v) is 17.2. The van der Waals surface area contributed by atoms with Crippen molar-refractivity contribution in [3.63, 3.8) is 0 Å². The van der Waals surface area contributed by atoms with Crippen LogP contribution in [0.1, 0.15) is 33.4 Å². The van der Waals surface area contributed by atoms with E-state index in [0.29, 0.717) is 26.8 Å². The summed E-state index contributed by atoms with van der Waals surface area (Å²) < 4.78 is 5.91. The Bertz CT molecular complexity index is 1380. The molecule has 3 heterocycles. The molecule has 4 aromatic rings. The lowest BCUT2D eigenvalue weighted by Crippen LogP contribution is -2.30. The summed E-state index contributed by atoms with van der Waals surface area (Å²) in [5, 5.41) is 1.30. The molecule has 0 bridgehead atoms. The molecule has 0 aliphatic carbocycles. The van der Waals surface area contributed by atoms with Crippen molar-refractivity contribution < 1.29 is 9.21 Å². The summed E-state index contributed by atoms with van der Waals surface area (Å²) in [7, 11) is 0. The van der Waals surface area contributed by atoms with Gasteiger partial charge in [-0.15, -0.1) is 0 Å². The maximum Gasteiger partial charge on any atom is 0.296 e. The van der Waals surface area contributed by atoms with Crippen LogP contribution in [0.5, 0.6) is 0 Å². The summed E-state index contributed by atoms with van der Waals surface area (Å²) >= 11 is 12.2. The molecule has 5 nitrogen and oxygen atoms in total. The predicted molar refractivity (Wildman–Crippen MR) is 117 cm³/mol. The highest BCUT2D eigenvalue weighted by Crippen LogP contribution is 2.41. The first kappa shape index (κ1) is 18.9. The van der Waals surface area contributed by atoms with Gasteiger partial charge in [0.25, 0.3) is 5.91 Å². The molecular weight excluding hydrogens is 423 g/mol. The molecule has 0 fully saturated rings. The second-order valence-electron chi connectivity index (χ2n) is 7.08. The van der Waals surface area contributed by atoms with E-state index in [-0.39, 0.29) is 16.8 Å². The number of aryl methyl sites for hydroxylation is 1. The van der Waals surface area contributed by atoms with Crippen LogP contribution in [0.25, 0.3) is 11.0 Å². The third-order valence-electron chi connectivity index (χ3n) is 5.14. The fraction of sp³-hybridized carbons (Fsp3) is 0.0870. The molecule has 0 N–H and O–H groups in total. The van der Waals surface area contributed by atoms with Gasteiger partial charge in [-0.3, -0.25) is 14.5 Å². The summed E-state index contributed by atoms with van der Waals surface area (Å²) in [6.07, 6.45) is 0. The Hall–Kier alpha value is -3.15. The van der Waals surface area contributed by atoms with E-state index in [1.165, 1.54) is 4.90 Å². The van der Waals surface area contributed by atoms with Crippen molar-refractivity contribution in [1.82, 2.24) is 4.98 Å². The summed E-state index contributed by atoms with van der Waals surface area (Å²) in [6, 6.07) is 16.5. The molecular formula is C23H14Cl2N2O3. The molecule has 1 amide bonds. The first-order chi connectivity index (χ1) is 14.4. The summed E-state index contributed by atoms with van der Waals surface area (Å²) in [4.78, 5) is 32.9. The van der Waals surface area contributed by atoms with Crippen LogP contribution in [0.15, 0.2) is 69.9 Å². The number of carbonyl (C=O) groups is 1. The first-order valence-corrected chi connectivity index (χ1v) is 9.98. The van der Waals surface area contributed by atoms with Crippen LogP contribution in [0.3, 0.4) is 0 Å². The van der Waals surface area contributed by atoms with Gasteiger partial charge in [0.2, 0.25) is 5.76 Å². The minimum atomic E-state index is -0.696. The largest absolute Gasteiger partial charge is 0.450 e. The molecule has 7 heteroatoms. The molecule has 0 radical (unpaired) electrons. The molecule has 148 valence electrons. The molecule has 0 spiro atoms. The first-order valence-electron chi connectivity index (χ1n) is 9.23. The van der Waals surface area contributed by atoms with Crippen molar-refractivity contribution in [3.8, 4) is 0 Å². The third-order valence-corrected chi connectivity index (χ3v) is 5.63. The highest BCUT2D eigenvalue weighted by molar-refractivity contribution is 6.31. The summed E-state index contributed by atoms with van der Waals surface area (Å²) in [5.41, 5.74) is 1.76. The number of benzene rings is 2. The predicted octanol–water partition coefficient (Wildman–Crippen LogP) is 5.55. The lowest BCUT2D eigenvalue weighted by molar-refractivity contribution is 0.0970. The van der Waals surface area contributed by atoms with Crippen LogP contribution in [0.2, 0.25) is 10.0 Å². The molecule has 0 saturated heterocycles. The van der Waals surface area contributed by atoms with Gasteiger partial charge in [-0.1, -0.05) is 41.4 Å². The zero-order valence-electron chi connectivity index (χ0n) is 15.7. The zero-order chi connectivity index (χ0) is 21.0. The van der Waals surface area contributed by atoms with E-state index in [2.05, 4.69) is 4.98 Å². The number of carbonyl (C=O) groups excluding carboxylic acids is 1. The van der Waals surface area contributed by atoms with Gasteiger partial charge in [-0.05, 0) is 55.0 Å². The van der Waals surface area contributed by atoms with Gasteiger partial charge in [0, 0.05) is 15.7 Å². The summed E-state index contributed by atoms with van der Waals surface area (Å²) in [6.45, 7) is 1.84. The normalized spacial score (nSPS) is 15.6. The number of nitrogens with zero attached hydrogens (tertiary/aromatic N) is 2. The second kappa shape index (κ2) is 6.97. The number of pyridine rings is 1. The van der Waals surface area contributed by atoms with Crippen LogP contribution >= 0.6 is 23.2 Å². The Morgan fingerprint density at radius 1 is 0.967 bits per heavy atom. The Balaban J connectivity index is 1.83. The van der Waals surface area contributed by atoms with Gasteiger partial charge in [0.1, 0.15) is 11.4 Å². The SMILES string of the molecule is Cc1cccc(N2C(=O)c3oc4ccc(Cl)cc4c(=O)c3[C@H]2c2ccc(Cl)cc2)n1. The average Bonchev–Trinajstić information content (AvgIpc) is 3.02. The van der Waals surface area contributed by atoms with Crippen molar-refractivity contribution in [2.75, 3.05) is 4.90 Å². The smallest absolute Gasteiger partial charge is 0.296 e. The molecule has 5 rings (SSSR count). The number of amides is 1. The van der Waals surface area contributed by atoms with E-state index in [1.807, 2.05) is 19.1 Å². The minimum absolute atomic E-state index is 0.0121. The Morgan fingerprint density at radius 2 is 1.70 bits per heavy atom. The van der Waals surface area contributed by atoms with Crippen LogP contribution < -0.4 is 10.3 Å². The highest BCUT2D eigenvalue weighted by atomic mass is 35.5. The molecule has 2 aromatic heterocycles. The Labute approximate surface area is 181 Å². The maximum absolute atomic E-state index is 13.5. The molecule has 1 atom stereocenters. The number of rotatable bonds is 2. The van der Waals surface area contributed by atoms with Gasteiger partial charge in [-0.2, -0.15) is 0 Å². The van der Waals surface area contributed by atoms with Gasteiger partial charge in [0.05, 0.1) is 17.0 Å². The minimum Gasteiger partial charge on any atom is -0.450 e. The number of hydrogen-bond donors (Lipinski definition) is 0. The van der Waals surface area contributed by atoms with Crippen LogP contribution in [0, 0.1) is 6.92 Å². The lowest BCUT2D eigenvalue weighted by Gasteiger charge is -2.24. The molecule has 1 aliphatic rings. The van der Waals surface area contributed by atoms with E-state index in [9.17, 15) is 9.59 Å². The van der Waals surface area contributed by atoms with E-state index >= 15 is 0 Å². The van der Waals surface area contributed by atoms with Gasteiger partial charge in [-0.25, -0.2) is 4.98 Å². The second-order valence-corrected chi connectivity index (χ2v) is 7.95. The van der Waals surface area contributed by atoms with Gasteiger partial charge < -0.3 is 4.42 Å². The van der Waals surface area contributed by atoms with E-state index < -0.39 is 11.9 Å². The monoisotopic (exact) mass is 436 g/mol. The van der Waals surface area contributed by atoms with E-state index in [4.69, 9.17) is 27.6 Å². The number of halogens is 2.